The van der Waals surface area contributed by atoms with E-state index in [2.05, 4.69) is 15.3 Å². The maximum atomic E-state index is 12.5. The average molecular weight is 460 g/mol. The van der Waals surface area contributed by atoms with Crippen molar-refractivity contribution in [1.82, 2.24) is 14.9 Å². The van der Waals surface area contributed by atoms with Crippen LogP contribution in [0.1, 0.15) is 13.3 Å². The first-order valence-electron chi connectivity index (χ1n) is 9.92. The van der Waals surface area contributed by atoms with Crippen molar-refractivity contribution in [2.75, 3.05) is 37.0 Å². The normalized spacial score (nSPS) is 17.4. The van der Waals surface area contributed by atoms with E-state index in [9.17, 15) is 9.59 Å². The molecule has 10 heteroatoms. The van der Waals surface area contributed by atoms with Crippen LogP contribution < -0.4 is 10.2 Å². The Labute approximate surface area is 188 Å². The number of carbonyl (C=O) groups excluding carboxylic acids is 2. The Morgan fingerprint density at radius 1 is 1.26 bits per heavy atom. The molecule has 3 aromatic rings. The number of carbonyl (C=O) groups is 2. The van der Waals surface area contributed by atoms with E-state index in [0.29, 0.717) is 29.9 Å². The molecule has 31 heavy (non-hydrogen) atoms. The third kappa shape index (κ3) is 5.12. The van der Waals surface area contributed by atoms with Crippen LogP contribution >= 0.6 is 22.9 Å². The summed E-state index contributed by atoms with van der Waals surface area (Å²) in [5.41, 5.74) is 1.69. The molecule has 1 aliphatic rings. The van der Waals surface area contributed by atoms with E-state index >= 15 is 0 Å². The molecule has 4 rings (SSSR count). The Hall–Kier alpha value is -2.75. The Kier molecular flexibility index (Phi) is 6.35. The van der Waals surface area contributed by atoms with E-state index < -0.39 is 0 Å². The average Bonchev–Trinajstić information content (AvgIpc) is 3.43. The van der Waals surface area contributed by atoms with Crippen LogP contribution in [0.25, 0.3) is 10.3 Å². The predicted octanol–water partition coefficient (Wildman–Crippen LogP) is 3.69. The summed E-state index contributed by atoms with van der Waals surface area (Å²) in [6, 6.07) is 11.1. The number of thiazole rings is 1. The Balaban J connectivity index is 1.38. The molecule has 0 aliphatic carbocycles. The van der Waals surface area contributed by atoms with Crippen LogP contribution in [-0.4, -0.2) is 59.5 Å². The van der Waals surface area contributed by atoms with Crippen molar-refractivity contribution in [3.63, 3.8) is 0 Å². The van der Waals surface area contributed by atoms with Crippen LogP contribution in [0.2, 0.25) is 5.02 Å². The van der Waals surface area contributed by atoms with E-state index in [1.807, 2.05) is 53.2 Å². The fourth-order valence-corrected chi connectivity index (χ4v) is 4.13. The lowest BCUT2D eigenvalue weighted by atomic mass is 10.3. The zero-order valence-corrected chi connectivity index (χ0v) is 18.7. The van der Waals surface area contributed by atoms with Gasteiger partial charge in [0.2, 0.25) is 5.91 Å². The van der Waals surface area contributed by atoms with Gasteiger partial charge in [0.1, 0.15) is 22.2 Å². The molecule has 2 aromatic heterocycles. The quantitative estimate of drug-likeness (QED) is 0.406. The molecule has 162 valence electrons. The third-order valence-corrected chi connectivity index (χ3v) is 6.09. The lowest BCUT2D eigenvalue weighted by molar-refractivity contribution is -0.143. The lowest BCUT2D eigenvalue weighted by Crippen LogP contribution is -2.22. The first-order valence-corrected chi connectivity index (χ1v) is 11.1. The molecule has 1 aromatic carbocycles. The Morgan fingerprint density at radius 2 is 2.03 bits per heavy atom. The summed E-state index contributed by atoms with van der Waals surface area (Å²) in [4.78, 5) is 37.7. The molecule has 0 bridgehead atoms. The highest BCUT2D eigenvalue weighted by molar-refractivity contribution is 7.22. The molecule has 0 saturated carbocycles. The second kappa shape index (κ2) is 9.17. The number of esters is 1. The molecule has 2 unspecified atom stereocenters. The van der Waals surface area contributed by atoms with Crippen molar-refractivity contribution in [2.24, 2.45) is 0 Å². The van der Waals surface area contributed by atoms with E-state index in [4.69, 9.17) is 16.3 Å². The number of fused-ring (bicyclic) bond motifs is 1. The van der Waals surface area contributed by atoms with Crippen molar-refractivity contribution in [2.45, 2.75) is 19.4 Å². The van der Waals surface area contributed by atoms with Gasteiger partial charge in [0.25, 0.3) is 0 Å². The molecule has 1 fully saturated rings. The van der Waals surface area contributed by atoms with Crippen molar-refractivity contribution < 1.29 is 14.3 Å². The number of ether oxygens (including phenoxy) is 1. The summed E-state index contributed by atoms with van der Waals surface area (Å²) in [6.07, 6.45) is 0.284. The number of aromatic nitrogens is 2. The molecule has 1 N–H and O–H groups in total. The van der Waals surface area contributed by atoms with Gasteiger partial charge in [0.15, 0.2) is 5.13 Å². The second-order valence-electron chi connectivity index (χ2n) is 7.10. The van der Waals surface area contributed by atoms with Gasteiger partial charge in [-0.3, -0.25) is 14.5 Å². The number of halogens is 1. The lowest BCUT2D eigenvalue weighted by Gasteiger charge is -2.18. The largest absolute Gasteiger partial charge is 0.466 e. The summed E-state index contributed by atoms with van der Waals surface area (Å²) in [6.45, 7) is 3.28. The van der Waals surface area contributed by atoms with E-state index in [-0.39, 0.29) is 24.3 Å². The number of benzene rings is 1. The number of hydrogen-bond acceptors (Lipinski definition) is 8. The van der Waals surface area contributed by atoms with Crippen molar-refractivity contribution in [3.8, 4) is 0 Å². The number of amides is 1. The zero-order chi connectivity index (χ0) is 22.0. The van der Waals surface area contributed by atoms with E-state index in [1.54, 1.807) is 6.92 Å². The minimum absolute atomic E-state index is 0.124. The van der Waals surface area contributed by atoms with Crippen molar-refractivity contribution in [3.05, 3.63) is 41.4 Å². The number of nitrogens with zero attached hydrogens (tertiary/aromatic N) is 4. The molecule has 2 atom stereocenters. The highest BCUT2D eigenvalue weighted by Crippen LogP contribution is 2.30. The van der Waals surface area contributed by atoms with Crippen LogP contribution in [0.15, 0.2) is 36.4 Å². The first-order chi connectivity index (χ1) is 14.9. The van der Waals surface area contributed by atoms with Crippen LogP contribution in [-0.2, 0) is 14.3 Å². The minimum atomic E-state index is -0.245. The maximum Gasteiger partial charge on any atom is 0.307 e. The van der Waals surface area contributed by atoms with Gasteiger partial charge in [-0.1, -0.05) is 22.9 Å². The van der Waals surface area contributed by atoms with E-state index in [1.165, 1.54) is 11.3 Å². The minimum Gasteiger partial charge on any atom is -0.466 e. The molecule has 8 nitrogen and oxygen atoms in total. The number of rotatable bonds is 8. The van der Waals surface area contributed by atoms with Gasteiger partial charge in [0, 0.05) is 30.8 Å². The number of anilines is 3. The number of pyridine rings is 1. The van der Waals surface area contributed by atoms with Crippen LogP contribution in [0.3, 0.4) is 0 Å². The first kappa shape index (κ1) is 21.5. The molecule has 3 heterocycles. The van der Waals surface area contributed by atoms with Gasteiger partial charge in [-0.25, -0.2) is 9.97 Å². The Bertz CT molecular complexity index is 1100. The Morgan fingerprint density at radius 3 is 2.77 bits per heavy atom. The van der Waals surface area contributed by atoms with Crippen LogP contribution in [0.4, 0.5) is 16.6 Å². The van der Waals surface area contributed by atoms with Crippen molar-refractivity contribution in [1.29, 1.82) is 0 Å². The summed E-state index contributed by atoms with van der Waals surface area (Å²) in [7, 11) is 1.93. The summed E-state index contributed by atoms with van der Waals surface area (Å²) in [5, 5.41) is 4.05. The van der Waals surface area contributed by atoms with Gasteiger partial charge < -0.3 is 15.0 Å². The molecular weight excluding hydrogens is 438 g/mol. The van der Waals surface area contributed by atoms with Gasteiger partial charge in [-0.05, 0) is 43.3 Å². The molecule has 0 spiro atoms. The summed E-state index contributed by atoms with van der Waals surface area (Å²) < 4.78 is 4.91. The highest BCUT2D eigenvalue weighted by atomic mass is 35.5. The summed E-state index contributed by atoms with van der Waals surface area (Å²) in [5.74, 6) is 0.398. The highest BCUT2D eigenvalue weighted by Gasteiger charge is 2.40. The standard InChI is InChI=1S/C21H22ClN5O3S/c1-3-30-18(28)10-11-27-12-16(27)19(29)25-21-23-15-8-9-17(24-20(15)31-21)26(2)14-6-4-13(22)5-7-14/h4-9,16H,3,10-12H2,1-2H3,(H,23,25,29). The fourth-order valence-electron chi connectivity index (χ4n) is 3.17. The van der Waals surface area contributed by atoms with Gasteiger partial charge in [-0.2, -0.15) is 0 Å². The van der Waals surface area contributed by atoms with Gasteiger partial charge >= 0.3 is 5.97 Å². The fraction of sp³-hybridized carbons (Fsp3) is 0.333. The monoisotopic (exact) mass is 459 g/mol. The topological polar surface area (TPSA) is 87.4 Å². The zero-order valence-electron chi connectivity index (χ0n) is 17.2. The van der Waals surface area contributed by atoms with Crippen LogP contribution in [0.5, 0.6) is 0 Å². The molecule has 1 amide bonds. The van der Waals surface area contributed by atoms with Crippen molar-refractivity contribution >= 4 is 61.8 Å². The molecule has 0 radical (unpaired) electrons. The van der Waals surface area contributed by atoms with E-state index in [0.717, 1.165) is 21.9 Å². The number of hydrogen-bond donors (Lipinski definition) is 1. The van der Waals surface area contributed by atoms with Crippen LogP contribution in [0, 0.1) is 0 Å². The smallest absolute Gasteiger partial charge is 0.307 e. The third-order valence-electron chi connectivity index (χ3n) is 4.95. The maximum absolute atomic E-state index is 12.5. The number of nitrogens with one attached hydrogen (secondary N) is 1. The second-order valence-corrected chi connectivity index (χ2v) is 8.52. The molecular formula is C21H22ClN5O3S. The van der Waals surface area contributed by atoms with Gasteiger partial charge in [0.05, 0.1) is 13.0 Å². The van der Waals surface area contributed by atoms with Gasteiger partial charge in [-0.15, -0.1) is 0 Å². The molecule has 1 saturated heterocycles. The summed E-state index contributed by atoms with van der Waals surface area (Å²) >= 11 is 7.30. The molecule has 1 aliphatic heterocycles. The SMILES string of the molecule is CCOC(=O)CCN1CC1C(=O)Nc1nc2ccc(N(C)c3ccc(Cl)cc3)nc2s1. The predicted molar refractivity (Wildman–Crippen MR) is 122 cm³/mol.